The van der Waals surface area contributed by atoms with Crippen molar-refractivity contribution in [2.24, 2.45) is 13.0 Å². The minimum absolute atomic E-state index is 0.777. The van der Waals surface area contributed by atoms with Gasteiger partial charge in [-0.25, -0.2) is 4.98 Å². The highest BCUT2D eigenvalue weighted by Gasteiger charge is 2.32. The van der Waals surface area contributed by atoms with Crippen LogP contribution in [-0.2, 0) is 20.0 Å². The fraction of sp³-hybridized carbons (Fsp3) is 0.812. The monoisotopic (exact) mass is 259 g/mol. The fourth-order valence-corrected chi connectivity index (χ4v) is 4.02. The summed E-state index contributed by atoms with van der Waals surface area (Å²) in [6.45, 7) is 3.66. The van der Waals surface area contributed by atoms with E-state index in [1.54, 1.807) is 0 Å². The van der Waals surface area contributed by atoms with Gasteiger partial charge in [0.15, 0.2) is 0 Å². The van der Waals surface area contributed by atoms with Gasteiger partial charge in [0.1, 0.15) is 5.82 Å². The van der Waals surface area contributed by atoms with Gasteiger partial charge in [-0.3, -0.25) is 4.90 Å². The predicted molar refractivity (Wildman–Crippen MR) is 76.1 cm³/mol. The van der Waals surface area contributed by atoms with Crippen LogP contribution in [0.5, 0.6) is 0 Å². The molecule has 0 amide bonds. The molecule has 4 rings (SSSR count). The summed E-state index contributed by atoms with van der Waals surface area (Å²) in [6, 6.07) is 0. The molecule has 1 aromatic heterocycles. The van der Waals surface area contributed by atoms with E-state index in [0.717, 1.165) is 18.4 Å². The maximum atomic E-state index is 4.96. The van der Waals surface area contributed by atoms with Crippen LogP contribution in [0.4, 0.5) is 0 Å². The van der Waals surface area contributed by atoms with Gasteiger partial charge in [0, 0.05) is 44.7 Å². The Kier molecular flexibility index (Phi) is 2.91. The van der Waals surface area contributed by atoms with E-state index in [9.17, 15) is 0 Å². The molecular formula is C16H25N3. The topological polar surface area (TPSA) is 21.1 Å². The molecule has 2 aliphatic carbocycles. The summed E-state index contributed by atoms with van der Waals surface area (Å²) >= 11 is 0. The van der Waals surface area contributed by atoms with Crippen molar-refractivity contribution in [2.45, 2.75) is 57.4 Å². The minimum atomic E-state index is 0.777. The molecule has 19 heavy (non-hydrogen) atoms. The number of nitrogens with zero attached hydrogens (tertiary/aromatic N) is 3. The number of hydrogen-bond acceptors (Lipinski definition) is 2. The average molecular weight is 259 g/mol. The minimum Gasteiger partial charge on any atom is -0.335 e. The summed E-state index contributed by atoms with van der Waals surface area (Å²) in [6.07, 6.45) is 9.75. The van der Waals surface area contributed by atoms with Crippen molar-refractivity contribution in [1.29, 1.82) is 0 Å². The highest BCUT2D eigenvalue weighted by molar-refractivity contribution is 5.23. The van der Waals surface area contributed by atoms with E-state index in [0.29, 0.717) is 0 Å². The number of fused-ring (bicyclic) bond motifs is 1. The normalized spacial score (nSPS) is 24.9. The maximum absolute atomic E-state index is 4.96. The summed E-state index contributed by atoms with van der Waals surface area (Å²) in [5.41, 5.74) is 2.90. The molecule has 0 spiro atoms. The average Bonchev–Trinajstić information content (AvgIpc) is 3.04. The second-order valence-electron chi connectivity index (χ2n) is 6.83. The lowest BCUT2D eigenvalue weighted by atomic mass is 10.1. The van der Waals surface area contributed by atoms with Gasteiger partial charge in [-0.1, -0.05) is 12.8 Å². The van der Waals surface area contributed by atoms with Crippen molar-refractivity contribution in [3.05, 3.63) is 17.2 Å². The summed E-state index contributed by atoms with van der Waals surface area (Å²) in [5.74, 6) is 3.11. The van der Waals surface area contributed by atoms with Crippen molar-refractivity contribution in [3.8, 4) is 0 Å². The van der Waals surface area contributed by atoms with Crippen molar-refractivity contribution in [3.63, 3.8) is 0 Å². The van der Waals surface area contributed by atoms with Crippen LogP contribution < -0.4 is 0 Å². The zero-order valence-electron chi connectivity index (χ0n) is 12.1. The third-order valence-corrected chi connectivity index (χ3v) is 5.30. The Hall–Kier alpha value is -0.830. The standard InChI is InChI=1S/C16H25N3/c1-18-15-8-9-19(10-12-4-2-3-5-12)11-14(15)17-16(18)13-6-7-13/h12-13H,2-11H2,1H3. The summed E-state index contributed by atoms with van der Waals surface area (Å²) in [7, 11) is 2.23. The number of hydrogen-bond donors (Lipinski definition) is 0. The predicted octanol–water partition coefficient (Wildman–Crippen LogP) is 2.85. The molecule has 3 aliphatic rings. The molecule has 1 aromatic rings. The van der Waals surface area contributed by atoms with Gasteiger partial charge in [-0.15, -0.1) is 0 Å². The van der Waals surface area contributed by atoms with E-state index >= 15 is 0 Å². The Balaban J connectivity index is 1.48. The third kappa shape index (κ3) is 2.22. The number of rotatable bonds is 3. The van der Waals surface area contributed by atoms with E-state index < -0.39 is 0 Å². The van der Waals surface area contributed by atoms with Crippen molar-refractivity contribution < 1.29 is 0 Å². The van der Waals surface area contributed by atoms with Crippen LogP contribution in [0.25, 0.3) is 0 Å². The maximum Gasteiger partial charge on any atom is 0.112 e. The first-order valence-corrected chi connectivity index (χ1v) is 8.08. The van der Waals surface area contributed by atoms with Gasteiger partial charge in [-0.05, 0) is 31.6 Å². The van der Waals surface area contributed by atoms with Gasteiger partial charge in [0.25, 0.3) is 0 Å². The first kappa shape index (κ1) is 12.0. The summed E-state index contributed by atoms with van der Waals surface area (Å²) in [5, 5.41) is 0. The number of aromatic nitrogens is 2. The molecule has 3 heteroatoms. The summed E-state index contributed by atoms with van der Waals surface area (Å²) in [4.78, 5) is 7.61. The van der Waals surface area contributed by atoms with Gasteiger partial charge in [0.05, 0.1) is 5.69 Å². The Morgan fingerprint density at radius 1 is 1.16 bits per heavy atom. The van der Waals surface area contributed by atoms with Crippen molar-refractivity contribution in [2.75, 3.05) is 13.1 Å². The summed E-state index contributed by atoms with van der Waals surface area (Å²) < 4.78 is 2.40. The van der Waals surface area contributed by atoms with Gasteiger partial charge >= 0.3 is 0 Å². The van der Waals surface area contributed by atoms with Crippen LogP contribution in [0, 0.1) is 5.92 Å². The second kappa shape index (κ2) is 4.62. The molecule has 1 aliphatic heterocycles. The highest BCUT2D eigenvalue weighted by atomic mass is 15.2. The van der Waals surface area contributed by atoms with Crippen LogP contribution in [0.15, 0.2) is 0 Å². The van der Waals surface area contributed by atoms with E-state index in [1.165, 1.54) is 75.2 Å². The molecule has 0 aromatic carbocycles. The van der Waals surface area contributed by atoms with Gasteiger partial charge < -0.3 is 4.57 Å². The molecule has 104 valence electrons. The molecule has 0 N–H and O–H groups in total. The molecule has 0 atom stereocenters. The lowest BCUT2D eigenvalue weighted by Gasteiger charge is -2.28. The van der Waals surface area contributed by atoms with Gasteiger partial charge in [0.2, 0.25) is 0 Å². The second-order valence-corrected chi connectivity index (χ2v) is 6.83. The Bertz CT molecular complexity index is 467. The van der Waals surface area contributed by atoms with Crippen LogP contribution in [-0.4, -0.2) is 27.5 Å². The highest BCUT2D eigenvalue weighted by Crippen LogP contribution is 2.40. The van der Waals surface area contributed by atoms with E-state index in [2.05, 4.69) is 16.5 Å². The van der Waals surface area contributed by atoms with Crippen molar-refractivity contribution in [1.82, 2.24) is 14.5 Å². The van der Waals surface area contributed by atoms with E-state index in [4.69, 9.17) is 4.98 Å². The Morgan fingerprint density at radius 2 is 1.95 bits per heavy atom. The molecule has 2 saturated carbocycles. The van der Waals surface area contributed by atoms with Crippen molar-refractivity contribution >= 4 is 0 Å². The van der Waals surface area contributed by atoms with Crippen LogP contribution in [0.3, 0.4) is 0 Å². The third-order valence-electron chi connectivity index (χ3n) is 5.30. The molecule has 0 bridgehead atoms. The molecule has 3 nitrogen and oxygen atoms in total. The Morgan fingerprint density at radius 3 is 2.68 bits per heavy atom. The smallest absolute Gasteiger partial charge is 0.112 e. The first-order chi connectivity index (χ1) is 9.31. The SMILES string of the molecule is Cn1c(C2CC2)nc2c1CCN(CC1CCCC1)C2. The molecule has 0 unspecified atom stereocenters. The Labute approximate surface area is 116 Å². The van der Waals surface area contributed by atoms with Gasteiger partial charge in [-0.2, -0.15) is 0 Å². The van der Waals surface area contributed by atoms with Crippen LogP contribution >= 0.6 is 0 Å². The van der Waals surface area contributed by atoms with Crippen LogP contribution in [0.2, 0.25) is 0 Å². The molecule has 2 heterocycles. The quantitative estimate of drug-likeness (QED) is 0.832. The zero-order chi connectivity index (χ0) is 12.8. The molecular weight excluding hydrogens is 234 g/mol. The fourth-order valence-electron chi connectivity index (χ4n) is 4.02. The molecule has 0 radical (unpaired) electrons. The van der Waals surface area contributed by atoms with Crippen LogP contribution in [0.1, 0.15) is 61.7 Å². The first-order valence-electron chi connectivity index (χ1n) is 8.08. The largest absolute Gasteiger partial charge is 0.335 e. The van der Waals surface area contributed by atoms with E-state index in [-0.39, 0.29) is 0 Å². The lowest BCUT2D eigenvalue weighted by Crippen LogP contribution is -2.34. The zero-order valence-corrected chi connectivity index (χ0v) is 12.1. The lowest BCUT2D eigenvalue weighted by molar-refractivity contribution is 0.210. The molecule has 0 saturated heterocycles. The molecule has 2 fully saturated rings. The number of imidazole rings is 1. The van der Waals surface area contributed by atoms with E-state index in [1.807, 2.05) is 0 Å².